The van der Waals surface area contributed by atoms with Gasteiger partial charge in [-0.1, -0.05) is 53.8 Å². The van der Waals surface area contributed by atoms with Crippen molar-refractivity contribution < 1.29 is 23.1 Å². The number of morpholine rings is 1. The molecule has 41 heavy (non-hydrogen) atoms. The van der Waals surface area contributed by atoms with Crippen LogP contribution in [0.4, 0.5) is 10.3 Å². The molecule has 0 bridgehead atoms. The number of hydrogen-bond acceptors (Lipinski definition) is 8. The van der Waals surface area contributed by atoms with Crippen LogP contribution in [0.3, 0.4) is 0 Å². The maximum atomic E-state index is 14.0. The Morgan fingerprint density at radius 3 is 2.61 bits per heavy atom. The smallest absolute Gasteiger partial charge is 0.338 e. The van der Waals surface area contributed by atoms with E-state index in [1.54, 1.807) is 25.1 Å². The van der Waals surface area contributed by atoms with Gasteiger partial charge in [-0.2, -0.15) is 0 Å². The summed E-state index contributed by atoms with van der Waals surface area (Å²) in [6.07, 6.45) is 1.68. The van der Waals surface area contributed by atoms with Crippen LogP contribution in [-0.2, 0) is 14.3 Å². The van der Waals surface area contributed by atoms with Crippen LogP contribution in [0.5, 0.6) is 0 Å². The molecule has 0 unspecified atom stereocenters. The topological polar surface area (TPSA) is 86.3 Å². The normalized spacial score (nSPS) is 17.4. The number of fused-ring (bicyclic) bond motifs is 1. The van der Waals surface area contributed by atoms with Gasteiger partial charge in [-0.25, -0.2) is 14.2 Å². The Labute approximate surface area is 246 Å². The minimum atomic E-state index is -0.879. The number of nitrogens with zero attached hydrogens (tertiary/aromatic N) is 3. The number of ether oxygens (including phenoxy) is 2. The molecule has 2 aromatic heterocycles. The van der Waals surface area contributed by atoms with Crippen LogP contribution in [0, 0.1) is 5.82 Å². The number of hydrogen-bond donors (Lipinski definition) is 0. The molecular formula is C30H25BrFN3O5S. The highest BCUT2D eigenvalue weighted by atomic mass is 79.9. The van der Waals surface area contributed by atoms with Gasteiger partial charge in [0.1, 0.15) is 11.6 Å². The van der Waals surface area contributed by atoms with Gasteiger partial charge in [0.15, 0.2) is 4.80 Å². The summed E-state index contributed by atoms with van der Waals surface area (Å²) in [4.78, 5) is 34.8. The molecule has 1 saturated heterocycles. The first-order valence-corrected chi connectivity index (χ1v) is 14.7. The van der Waals surface area contributed by atoms with Crippen LogP contribution in [0.1, 0.15) is 29.9 Å². The van der Waals surface area contributed by atoms with Gasteiger partial charge in [-0.15, -0.1) is 0 Å². The van der Waals surface area contributed by atoms with Crippen molar-refractivity contribution in [3.05, 3.63) is 113 Å². The number of rotatable bonds is 6. The van der Waals surface area contributed by atoms with Crippen LogP contribution >= 0.6 is 27.3 Å². The Kier molecular flexibility index (Phi) is 7.74. The fourth-order valence-electron chi connectivity index (χ4n) is 4.96. The molecule has 0 N–H and O–H groups in total. The van der Waals surface area contributed by atoms with Crippen LogP contribution < -0.4 is 19.8 Å². The summed E-state index contributed by atoms with van der Waals surface area (Å²) >= 11 is 4.77. The van der Waals surface area contributed by atoms with Gasteiger partial charge in [0.05, 0.1) is 46.1 Å². The third-order valence-electron chi connectivity index (χ3n) is 6.82. The van der Waals surface area contributed by atoms with Crippen molar-refractivity contribution in [1.82, 2.24) is 4.57 Å². The molecule has 4 aromatic rings. The standard InChI is InChI=1S/C30H25BrFN3O5S/c1-2-39-29(37)24-25(18-6-4-3-5-7-18)33-30-35(26(24)19-8-10-20(32)11-9-19)27(36)23(41-30)17-21-16-22(31)28(40-21)34-12-14-38-15-13-34/h3-11,16-17,26H,2,12-15H2,1H3/b23-17+/t26-/m0/s1. The Bertz CT molecular complexity index is 1800. The summed E-state index contributed by atoms with van der Waals surface area (Å²) in [5, 5.41) is 0. The molecule has 4 heterocycles. The molecule has 0 radical (unpaired) electrons. The quantitative estimate of drug-likeness (QED) is 0.294. The SMILES string of the molecule is CCOC(=O)C1=C(c2ccccc2)N=c2s/c(=C/c3cc(Br)c(N4CCOCC4)o3)c(=O)n2[C@H]1c1ccc(F)cc1. The molecule has 1 atom stereocenters. The first-order valence-electron chi connectivity index (χ1n) is 13.1. The minimum absolute atomic E-state index is 0.143. The number of thiazole rings is 1. The third-order valence-corrected chi connectivity index (χ3v) is 8.37. The molecule has 0 spiro atoms. The van der Waals surface area contributed by atoms with Crippen molar-refractivity contribution in [2.75, 3.05) is 37.8 Å². The maximum Gasteiger partial charge on any atom is 0.338 e. The van der Waals surface area contributed by atoms with E-state index in [9.17, 15) is 14.0 Å². The highest BCUT2D eigenvalue weighted by Gasteiger charge is 2.35. The number of anilines is 1. The van der Waals surface area contributed by atoms with Crippen LogP contribution in [-0.4, -0.2) is 43.4 Å². The average Bonchev–Trinajstić information content (AvgIpc) is 3.51. The summed E-state index contributed by atoms with van der Waals surface area (Å²) in [5.41, 5.74) is 1.52. The van der Waals surface area contributed by atoms with Crippen LogP contribution in [0.2, 0.25) is 0 Å². The number of carbonyl (C=O) groups is 1. The lowest BCUT2D eigenvalue weighted by molar-refractivity contribution is -0.138. The van der Waals surface area contributed by atoms with Gasteiger partial charge in [0.25, 0.3) is 5.56 Å². The van der Waals surface area contributed by atoms with E-state index >= 15 is 0 Å². The van der Waals surface area contributed by atoms with Crippen molar-refractivity contribution in [2.45, 2.75) is 13.0 Å². The van der Waals surface area contributed by atoms with Gasteiger partial charge in [-0.05, 0) is 40.5 Å². The maximum absolute atomic E-state index is 14.0. The molecule has 2 aromatic carbocycles. The molecule has 0 amide bonds. The Balaban J connectivity index is 1.55. The lowest BCUT2D eigenvalue weighted by Gasteiger charge is -2.26. The Morgan fingerprint density at radius 1 is 1.17 bits per heavy atom. The van der Waals surface area contributed by atoms with Crippen molar-refractivity contribution in [2.24, 2.45) is 4.99 Å². The second kappa shape index (κ2) is 11.6. The lowest BCUT2D eigenvalue weighted by atomic mass is 9.93. The molecule has 210 valence electrons. The first kappa shape index (κ1) is 27.4. The van der Waals surface area contributed by atoms with Crippen molar-refractivity contribution in [3.8, 4) is 0 Å². The highest BCUT2D eigenvalue weighted by molar-refractivity contribution is 9.10. The van der Waals surface area contributed by atoms with E-state index in [-0.39, 0.29) is 17.7 Å². The van der Waals surface area contributed by atoms with E-state index in [2.05, 4.69) is 20.8 Å². The molecule has 1 fully saturated rings. The molecular weight excluding hydrogens is 613 g/mol. The number of esters is 1. The number of furan rings is 1. The number of halogens is 2. The third kappa shape index (κ3) is 5.32. The summed E-state index contributed by atoms with van der Waals surface area (Å²) in [6.45, 7) is 4.47. The fourth-order valence-corrected chi connectivity index (χ4v) is 6.50. The highest BCUT2D eigenvalue weighted by Crippen LogP contribution is 2.35. The van der Waals surface area contributed by atoms with Crippen molar-refractivity contribution in [1.29, 1.82) is 0 Å². The fraction of sp³-hybridized carbons (Fsp3) is 0.233. The molecule has 0 aliphatic carbocycles. The van der Waals surface area contributed by atoms with E-state index in [1.165, 1.54) is 28.0 Å². The minimum Gasteiger partial charge on any atom is -0.463 e. The van der Waals surface area contributed by atoms with E-state index in [0.29, 0.717) is 64.1 Å². The lowest BCUT2D eigenvalue weighted by Crippen LogP contribution is -2.40. The zero-order valence-electron chi connectivity index (χ0n) is 22.0. The summed E-state index contributed by atoms with van der Waals surface area (Å²) in [5.74, 6) is 0.150. The molecule has 8 nitrogen and oxygen atoms in total. The van der Waals surface area contributed by atoms with E-state index in [4.69, 9.17) is 18.9 Å². The number of benzene rings is 2. The van der Waals surface area contributed by atoms with Crippen LogP contribution in [0.15, 0.2) is 84.9 Å². The largest absolute Gasteiger partial charge is 0.463 e. The second-order valence-corrected chi connectivity index (χ2v) is 11.2. The number of aromatic nitrogens is 1. The van der Waals surface area contributed by atoms with Gasteiger partial charge in [-0.3, -0.25) is 9.36 Å². The van der Waals surface area contributed by atoms with Gasteiger partial charge in [0, 0.05) is 30.8 Å². The Morgan fingerprint density at radius 2 is 1.90 bits per heavy atom. The zero-order chi connectivity index (χ0) is 28.5. The molecule has 2 aliphatic heterocycles. The van der Waals surface area contributed by atoms with Crippen molar-refractivity contribution in [3.63, 3.8) is 0 Å². The van der Waals surface area contributed by atoms with Crippen molar-refractivity contribution >= 4 is 50.9 Å². The van der Waals surface area contributed by atoms with E-state index < -0.39 is 17.8 Å². The summed E-state index contributed by atoms with van der Waals surface area (Å²) in [6, 6.07) is 16.0. The summed E-state index contributed by atoms with van der Waals surface area (Å²) < 4.78 is 33.6. The summed E-state index contributed by atoms with van der Waals surface area (Å²) in [7, 11) is 0. The van der Waals surface area contributed by atoms with Gasteiger partial charge in [0.2, 0.25) is 5.88 Å². The zero-order valence-corrected chi connectivity index (χ0v) is 24.4. The molecule has 6 rings (SSSR count). The molecule has 11 heteroatoms. The average molecular weight is 639 g/mol. The van der Waals surface area contributed by atoms with Crippen LogP contribution in [0.25, 0.3) is 11.8 Å². The molecule has 0 saturated carbocycles. The predicted molar refractivity (Wildman–Crippen MR) is 157 cm³/mol. The van der Waals surface area contributed by atoms with E-state index in [1.807, 2.05) is 36.4 Å². The second-order valence-electron chi connectivity index (χ2n) is 9.38. The monoisotopic (exact) mass is 637 g/mol. The van der Waals surface area contributed by atoms with Gasteiger partial charge >= 0.3 is 5.97 Å². The van der Waals surface area contributed by atoms with E-state index in [0.717, 1.165) is 4.47 Å². The first-order chi connectivity index (χ1) is 19.9. The van der Waals surface area contributed by atoms with Gasteiger partial charge < -0.3 is 18.8 Å². The predicted octanol–water partition coefficient (Wildman–Crippen LogP) is 4.27. The number of carbonyl (C=O) groups excluding carboxylic acids is 1. The Hall–Kier alpha value is -3.80. The molecule has 2 aliphatic rings.